The van der Waals surface area contributed by atoms with Crippen LogP contribution < -0.4 is 10.9 Å². The smallest absolute Gasteiger partial charge is 0.260 e. The number of benzene rings is 1. The number of hydrogen-bond donors (Lipinski definition) is 3. The van der Waals surface area contributed by atoms with Crippen molar-refractivity contribution in [3.63, 3.8) is 0 Å². The summed E-state index contributed by atoms with van der Waals surface area (Å²) in [5.41, 5.74) is 1.81. The summed E-state index contributed by atoms with van der Waals surface area (Å²) in [6, 6.07) is 9.86. The summed E-state index contributed by atoms with van der Waals surface area (Å²) in [7, 11) is 0. The van der Waals surface area contributed by atoms with Gasteiger partial charge in [-0.15, -0.1) is 11.3 Å². The van der Waals surface area contributed by atoms with E-state index in [1.165, 1.54) is 11.3 Å². The van der Waals surface area contributed by atoms with E-state index in [1.54, 1.807) is 0 Å². The van der Waals surface area contributed by atoms with Gasteiger partial charge in [0, 0.05) is 17.0 Å². The van der Waals surface area contributed by atoms with Gasteiger partial charge in [0.1, 0.15) is 10.7 Å². The summed E-state index contributed by atoms with van der Waals surface area (Å²) < 4.78 is 0. The van der Waals surface area contributed by atoms with Gasteiger partial charge in [-0.05, 0) is 12.0 Å². The number of rotatable bonds is 6. The molecule has 3 rings (SSSR count). The number of nitrogens with zero attached hydrogens (tertiary/aromatic N) is 1. The first kappa shape index (κ1) is 15.9. The largest absolute Gasteiger partial charge is 0.395 e. The zero-order valence-corrected chi connectivity index (χ0v) is 13.7. The number of nitrogens with one attached hydrogen (secondary N) is 2. The molecule has 0 saturated heterocycles. The number of thiophene rings is 1. The number of fused-ring (bicyclic) bond motifs is 1. The predicted molar refractivity (Wildman–Crippen MR) is 93.7 cm³/mol. The third-order valence-corrected chi connectivity index (χ3v) is 4.72. The Kier molecular flexibility index (Phi) is 4.85. The maximum atomic E-state index is 12.5. The van der Waals surface area contributed by atoms with Crippen LogP contribution in [0.25, 0.3) is 21.3 Å². The van der Waals surface area contributed by atoms with Crippen LogP contribution in [0.2, 0.25) is 0 Å². The lowest BCUT2D eigenvalue weighted by atomic mass is 10.1. The van der Waals surface area contributed by atoms with Crippen LogP contribution in [0.3, 0.4) is 0 Å². The summed E-state index contributed by atoms with van der Waals surface area (Å²) in [5.74, 6) is 0.593. The summed E-state index contributed by atoms with van der Waals surface area (Å²) >= 11 is 1.47. The third kappa shape index (κ3) is 3.34. The molecule has 0 aliphatic carbocycles. The Labute approximate surface area is 138 Å². The minimum atomic E-state index is -0.121. The average Bonchev–Trinajstić information content (AvgIpc) is 3.01. The van der Waals surface area contributed by atoms with Crippen LogP contribution in [0.1, 0.15) is 19.2 Å². The van der Waals surface area contributed by atoms with Gasteiger partial charge >= 0.3 is 0 Å². The number of H-pyrrole nitrogens is 1. The van der Waals surface area contributed by atoms with Crippen LogP contribution in [0, 0.1) is 0 Å². The number of aliphatic hydroxyl groups is 1. The zero-order valence-electron chi connectivity index (χ0n) is 12.9. The second kappa shape index (κ2) is 7.04. The van der Waals surface area contributed by atoms with Crippen molar-refractivity contribution in [2.45, 2.75) is 25.9 Å². The van der Waals surface area contributed by atoms with Gasteiger partial charge in [0.2, 0.25) is 0 Å². The van der Waals surface area contributed by atoms with E-state index in [0.717, 1.165) is 22.4 Å². The van der Waals surface area contributed by atoms with E-state index in [4.69, 9.17) is 0 Å². The number of hydrogen-bond acceptors (Lipinski definition) is 5. The molecule has 0 saturated carbocycles. The Bertz CT molecular complexity index is 838. The van der Waals surface area contributed by atoms with Crippen molar-refractivity contribution in [3.8, 4) is 11.1 Å². The molecule has 1 unspecified atom stereocenters. The molecule has 5 nitrogen and oxygen atoms in total. The summed E-state index contributed by atoms with van der Waals surface area (Å²) in [6.07, 6.45) is 0.820. The third-order valence-electron chi connectivity index (χ3n) is 3.85. The highest BCUT2D eigenvalue weighted by Gasteiger charge is 2.13. The first-order valence-electron chi connectivity index (χ1n) is 7.63. The van der Waals surface area contributed by atoms with Gasteiger partial charge in [0.15, 0.2) is 0 Å². The molecule has 1 aromatic carbocycles. The van der Waals surface area contributed by atoms with Crippen LogP contribution in [0.15, 0.2) is 40.5 Å². The highest BCUT2D eigenvalue weighted by molar-refractivity contribution is 7.17. The Hall–Kier alpha value is -2.02. The monoisotopic (exact) mass is 329 g/mol. The highest BCUT2D eigenvalue weighted by Crippen LogP contribution is 2.30. The minimum absolute atomic E-state index is 0.0132. The molecule has 6 heteroatoms. The van der Waals surface area contributed by atoms with Crippen molar-refractivity contribution in [3.05, 3.63) is 51.9 Å². The van der Waals surface area contributed by atoms with Gasteiger partial charge in [-0.1, -0.05) is 37.3 Å². The number of aromatic amines is 1. The fourth-order valence-electron chi connectivity index (χ4n) is 2.49. The van der Waals surface area contributed by atoms with E-state index in [9.17, 15) is 9.90 Å². The lowest BCUT2D eigenvalue weighted by Gasteiger charge is -2.13. The maximum Gasteiger partial charge on any atom is 0.260 e. The molecule has 0 bridgehead atoms. The van der Waals surface area contributed by atoms with Gasteiger partial charge in [-0.3, -0.25) is 4.79 Å². The Morgan fingerprint density at radius 3 is 2.83 bits per heavy atom. The first-order chi connectivity index (χ1) is 11.2. The molecule has 23 heavy (non-hydrogen) atoms. The molecule has 0 fully saturated rings. The Morgan fingerprint density at radius 2 is 2.13 bits per heavy atom. The number of aliphatic hydroxyl groups excluding tert-OH is 1. The van der Waals surface area contributed by atoms with E-state index in [2.05, 4.69) is 15.3 Å². The molecule has 3 aromatic rings. The average molecular weight is 329 g/mol. The molecule has 0 spiro atoms. The molecule has 0 aliphatic heterocycles. The summed E-state index contributed by atoms with van der Waals surface area (Å²) in [4.78, 5) is 20.6. The van der Waals surface area contributed by atoms with E-state index in [-0.39, 0.29) is 18.2 Å². The van der Waals surface area contributed by atoms with E-state index < -0.39 is 0 Å². The fourth-order valence-corrected chi connectivity index (χ4v) is 3.45. The normalized spacial score (nSPS) is 12.6. The summed E-state index contributed by atoms with van der Waals surface area (Å²) in [6.45, 7) is 2.50. The molecule has 2 heterocycles. The van der Waals surface area contributed by atoms with Crippen molar-refractivity contribution in [1.29, 1.82) is 0 Å². The molecule has 0 aliphatic rings. The van der Waals surface area contributed by atoms with E-state index >= 15 is 0 Å². The SMILES string of the molecule is CCC(CO)NCc1nc2scc(-c3ccccc3)c2c(=O)[nH]1. The highest BCUT2D eigenvalue weighted by atomic mass is 32.1. The van der Waals surface area contributed by atoms with Gasteiger partial charge in [-0.25, -0.2) is 4.98 Å². The molecule has 2 aromatic heterocycles. The van der Waals surface area contributed by atoms with Crippen LogP contribution in [-0.4, -0.2) is 27.7 Å². The number of aromatic nitrogens is 2. The molecular formula is C17H19N3O2S. The van der Waals surface area contributed by atoms with Gasteiger partial charge < -0.3 is 15.4 Å². The van der Waals surface area contributed by atoms with Crippen molar-refractivity contribution >= 4 is 21.6 Å². The van der Waals surface area contributed by atoms with Crippen molar-refractivity contribution in [2.75, 3.05) is 6.61 Å². The van der Waals surface area contributed by atoms with Crippen molar-refractivity contribution in [2.24, 2.45) is 0 Å². The molecule has 1 atom stereocenters. The Balaban J connectivity index is 1.94. The zero-order chi connectivity index (χ0) is 16.2. The van der Waals surface area contributed by atoms with Crippen molar-refractivity contribution < 1.29 is 5.11 Å². The lowest BCUT2D eigenvalue weighted by molar-refractivity contribution is 0.237. The quantitative estimate of drug-likeness (QED) is 0.649. The van der Waals surface area contributed by atoms with E-state index in [0.29, 0.717) is 17.8 Å². The second-order valence-electron chi connectivity index (χ2n) is 5.38. The van der Waals surface area contributed by atoms with Crippen molar-refractivity contribution in [1.82, 2.24) is 15.3 Å². The van der Waals surface area contributed by atoms with Crippen LogP contribution in [0.5, 0.6) is 0 Å². The van der Waals surface area contributed by atoms with Gasteiger partial charge in [-0.2, -0.15) is 0 Å². The van der Waals surface area contributed by atoms with Crippen LogP contribution >= 0.6 is 11.3 Å². The van der Waals surface area contributed by atoms with Crippen LogP contribution in [-0.2, 0) is 6.54 Å². The van der Waals surface area contributed by atoms with Crippen LogP contribution in [0.4, 0.5) is 0 Å². The lowest BCUT2D eigenvalue weighted by Crippen LogP contribution is -2.32. The molecule has 0 radical (unpaired) electrons. The van der Waals surface area contributed by atoms with Gasteiger partial charge in [0.25, 0.3) is 5.56 Å². The molecule has 120 valence electrons. The molecule has 0 amide bonds. The van der Waals surface area contributed by atoms with Gasteiger partial charge in [0.05, 0.1) is 18.5 Å². The molecular weight excluding hydrogens is 310 g/mol. The standard InChI is InChI=1S/C17H19N3O2S/c1-2-12(9-21)18-8-14-19-16(22)15-13(10-23-17(15)20-14)11-6-4-3-5-7-11/h3-7,10,12,18,21H,2,8-9H2,1H3,(H,19,20,22). The summed E-state index contributed by atoms with van der Waals surface area (Å²) in [5, 5.41) is 15.0. The molecule has 3 N–H and O–H groups in total. The van der Waals surface area contributed by atoms with E-state index in [1.807, 2.05) is 42.6 Å². The second-order valence-corrected chi connectivity index (χ2v) is 6.23. The first-order valence-corrected chi connectivity index (χ1v) is 8.51. The predicted octanol–water partition coefficient (Wildman–Crippen LogP) is 2.51. The maximum absolute atomic E-state index is 12.5. The Morgan fingerprint density at radius 1 is 1.35 bits per heavy atom. The fraction of sp³-hybridized carbons (Fsp3) is 0.294. The topological polar surface area (TPSA) is 78.0 Å². The minimum Gasteiger partial charge on any atom is -0.395 e.